The van der Waals surface area contributed by atoms with Crippen LogP contribution < -0.4 is 15.0 Å². The van der Waals surface area contributed by atoms with Crippen LogP contribution in [0.3, 0.4) is 0 Å². The van der Waals surface area contributed by atoms with E-state index < -0.39 is 0 Å². The van der Waals surface area contributed by atoms with E-state index in [1.165, 1.54) is 0 Å². The molecule has 6 nitrogen and oxygen atoms in total. The number of hydrogen-bond donors (Lipinski definition) is 1. The highest BCUT2D eigenvalue weighted by molar-refractivity contribution is 6.02. The first-order valence-electron chi connectivity index (χ1n) is 8.04. The van der Waals surface area contributed by atoms with Gasteiger partial charge in [-0.25, -0.2) is 0 Å². The molecule has 6 heteroatoms. The Morgan fingerprint density at radius 3 is 2.48 bits per heavy atom. The lowest BCUT2D eigenvalue weighted by molar-refractivity contribution is -0.119. The van der Waals surface area contributed by atoms with Gasteiger partial charge in [0, 0.05) is 14.1 Å². The number of fused-ring (bicyclic) bond motifs is 1. The van der Waals surface area contributed by atoms with E-state index in [0.717, 1.165) is 17.0 Å². The molecule has 2 aromatic rings. The van der Waals surface area contributed by atoms with Gasteiger partial charge in [-0.05, 0) is 29.8 Å². The number of nitrogens with one attached hydrogen (secondary N) is 1. The normalized spacial score (nSPS) is 16.4. The van der Waals surface area contributed by atoms with E-state index in [0.29, 0.717) is 5.56 Å². The molecular weight excluding hydrogens is 318 g/mol. The second-order valence-corrected chi connectivity index (χ2v) is 5.88. The van der Waals surface area contributed by atoms with Gasteiger partial charge in [-0.2, -0.15) is 0 Å². The highest BCUT2D eigenvalue weighted by atomic mass is 16.5. The lowest BCUT2D eigenvalue weighted by Gasteiger charge is -2.43. The molecule has 0 fully saturated rings. The Balaban J connectivity index is 2.09. The lowest BCUT2D eigenvalue weighted by atomic mass is 10.0. The number of carbonyl (C=O) groups is 2. The molecule has 0 radical (unpaired) electrons. The minimum Gasteiger partial charge on any atom is -0.497 e. The maximum atomic E-state index is 12.8. The standard InChI is InChI=1S/C19H21N3O3/c1-20-17(23)12-22-16-7-5-4-6-15(16)19(24)21(2)18(22)13-8-10-14(25-3)11-9-13/h4-11,18H,12H2,1-3H3,(H,20,23)/t18-/m1/s1. The smallest absolute Gasteiger partial charge is 0.257 e. The molecule has 2 aromatic carbocycles. The predicted molar refractivity (Wildman–Crippen MR) is 95.7 cm³/mol. The summed E-state index contributed by atoms with van der Waals surface area (Å²) >= 11 is 0. The van der Waals surface area contributed by atoms with Gasteiger partial charge in [0.25, 0.3) is 5.91 Å². The van der Waals surface area contributed by atoms with E-state index in [1.54, 1.807) is 32.2 Å². The van der Waals surface area contributed by atoms with E-state index >= 15 is 0 Å². The molecule has 1 atom stereocenters. The fraction of sp³-hybridized carbons (Fsp3) is 0.263. The lowest BCUT2D eigenvalue weighted by Crippen LogP contribution is -2.50. The van der Waals surface area contributed by atoms with Crippen LogP contribution in [-0.4, -0.2) is 44.5 Å². The zero-order valence-corrected chi connectivity index (χ0v) is 14.5. The number of rotatable bonds is 4. The van der Waals surface area contributed by atoms with Crippen molar-refractivity contribution in [3.63, 3.8) is 0 Å². The predicted octanol–water partition coefficient (Wildman–Crippen LogP) is 2.03. The van der Waals surface area contributed by atoms with Crippen LogP contribution in [0.1, 0.15) is 22.1 Å². The second kappa shape index (κ2) is 6.84. The summed E-state index contributed by atoms with van der Waals surface area (Å²) in [5, 5.41) is 2.66. The van der Waals surface area contributed by atoms with Crippen molar-refractivity contribution < 1.29 is 14.3 Å². The van der Waals surface area contributed by atoms with Crippen LogP contribution in [0, 0.1) is 0 Å². The molecule has 0 aliphatic carbocycles. The third-order valence-corrected chi connectivity index (χ3v) is 4.43. The maximum Gasteiger partial charge on any atom is 0.257 e. The SMILES string of the molecule is CNC(=O)CN1c2ccccc2C(=O)N(C)[C@H]1c1ccc(OC)cc1. The maximum absolute atomic E-state index is 12.8. The molecule has 0 spiro atoms. The number of likely N-dealkylation sites (N-methyl/N-ethyl adjacent to an activating group) is 1. The molecule has 0 saturated carbocycles. The molecule has 0 bridgehead atoms. The number of benzene rings is 2. The Kier molecular flexibility index (Phi) is 4.61. The fourth-order valence-corrected chi connectivity index (χ4v) is 3.13. The van der Waals surface area contributed by atoms with Gasteiger partial charge in [0.15, 0.2) is 0 Å². The molecule has 0 saturated heterocycles. The Morgan fingerprint density at radius 2 is 1.84 bits per heavy atom. The largest absolute Gasteiger partial charge is 0.497 e. The third-order valence-electron chi connectivity index (χ3n) is 4.43. The van der Waals surface area contributed by atoms with Crippen molar-refractivity contribution in [1.82, 2.24) is 10.2 Å². The Labute approximate surface area is 147 Å². The first-order chi connectivity index (χ1) is 12.1. The van der Waals surface area contributed by atoms with Gasteiger partial charge in [-0.3, -0.25) is 9.59 Å². The summed E-state index contributed by atoms with van der Waals surface area (Å²) in [6.45, 7) is 0.155. The minimum absolute atomic E-state index is 0.0652. The summed E-state index contributed by atoms with van der Waals surface area (Å²) in [5.41, 5.74) is 2.27. The van der Waals surface area contributed by atoms with Crippen LogP contribution in [0.15, 0.2) is 48.5 Å². The van der Waals surface area contributed by atoms with Crippen molar-refractivity contribution in [2.24, 2.45) is 0 Å². The van der Waals surface area contributed by atoms with Gasteiger partial charge in [-0.1, -0.05) is 24.3 Å². The zero-order chi connectivity index (χ0) is 18.0. The van der Waals surface area contributed by atoms with Crippen LogP contribution in [-0.2, 0) is 4.79 Å². The van der Waals surface area contributed by atoms with Crippen molar-refractivity contribution in [2.75, 3.05) is 32.6 Å². The molecule has 1 aliphatic rings. The molecule has 2 amide bonds. The Bertz CT molecular complexity index is 789. The van der Waals surface area contributed by atoms with Crippen molar-refractivity contribution >= 4 is 17.5 Å². The van der Waals surface area contributed by atoms with Crippen molar-refractivity contribution in [3.05, 3.63) is 59.7 Å². The topological polar surface area (TPSA) is 61.9 Å². The van der Waals surface area contributed by atoms with Gasteiger partial charge in [0.1, 0.15) is 11.9 Å². The molecule has 3 rings (SSSR count). The van der Waals surface area contributed by atoms with Gasteiger partial charge in [0.05, 0.1) is 24.9 Å². The van der Waals surface area contributed by atoms with Gasteiger partial charge in [-0.15, -0.1) is 0 Å². The van der Waals surface area contributed by atoms with Crippen molar-refractivity contribution in [2.45, 2.75) is 6.17 Å². The number of amides is 2. The van der Waals surface area contributed by atoms with E-state index in [9.17, 15) is 9.59 Å². The van der Waals surface area contributed by atoms with Gasteiger partial charge >= 0.3 is 0 Å². The monoisotopic (exact) mass is 339 g/mol. The number of hydrogen-bond acceptors (Lipinski definition) is 4. The summed E-state index contributed by atoms with van der Waals surface area (Å²) in [7, 11) is 4.97. The van der Waals surface area contributed by atoms with E-state index in [2.05, 4.69) is 5.32 Å². The van der Waals surface area contributed by atoms with Crippen LogP contribution in [0.2, 0.25) is 0 Å². The molecule has 1 heterocycles. The van der Waals surface area contributed by atoms with Gasteiger partial charge in [0.2, 0.25) is 5.91 Å². The summed E-state index contributed by atoms with van der Waals surface area (Å²) in [6, 6.07) is 14.9. The molecule has 0 aromatic heterocycles. The Hall–Kier alpha value is -3.02. The van der Waals surface area contributed by atoms with Crippen LogP contribution in [0.5, 0.6) is 5.75 Å². The first-order valence-corrected chi connectivity index (χ1v) is 8.04. The third kappa shape index (κ3) is 3.03. The average molecular weight is 339 g/mol. The number of anilines is 1. The highest BCUT2D eigenvalue weighted by Crippen LogP contribution is 2.37. The first kappa shape index (κ1) is 16.8. The van der Waals surface area contributed by atoms with Gasteiger partial charge < -0.3 is 19.9 Å². The Morgan fingerprint density at radius 1 is 1.16 bits per heavy atom. The number of nitrogens with zero attached hydrogens (tertiary/aromatic N) is 2. The second-order valence-electron chi connectivity index (χ2n) is 5.88. The zero-order valence-electron chi connectivity index (χ0n) is 14.5. The molecular formula is C19H21N3O3. The van der Waals surface area contributed by atoms with E-state index in [-0.39, 0.29) is 24.5 Å². The van der Waals surface area contributed by atoms with Crippen molar-refractivity contribution in [1.29, 1.82) is 0 Å². The minimum atomic E-state index is -0.370. The average Bonchev–Trinajstić information content (AvgIpc) is 2.66. The summed E-state index contributed by atoms with van der Waals surface area (Å²) in [4.78, 5) is 28.5. The van der Waals surface area contributed by atoms with E-state index in [1.807, 2.05) is 47.4 Å². The van der Waals surface area contributed by atoms with Crippen LogP contribution in [0.4, 0.5) is 5.69 Å². The van der Waals surface area contributed by atoms with Crippen LogP contribution >= 0.6 is 0 Å². The molecule has 1 N–H and O–H groups in total. The van der Waals surface area contributed by atoms with E-state index in [4.69, 9.17) is 4.74 Å². The summed E-state index contributed by atoms with van der Waals surface area (Å²) in [6.07, 6.45) is -0.370. The molecule has 1 aliphatic heterocycles. The summed E-state index contributed by atoms with van der Waals surface area (Å²) < 4.78 is 5.21. The molecule has 0 unspecified atom stereocenters. The number of ether oxygens (including phenoxy) is 1. The molecule has 130 valence electrons. The number of para-hydroxylation sites is 1. The highest BCUT2D eigenvalue weighted by Gasteiger charge is 2.36. The fourth-order valence-electron chi connectivity index (χ4n) is 3.13. The number of methoxy groups -OCH3 is 1. The quantitative estimate of drug-likeness (QED) is 0.926. The van der Waals surface area contributed by atoms with Crippen molar-refractivity contribution in [3.8, 4) is 5.75 Å². The van der Waals surface area contributed by atoms with Crippen LogP contribution in [0.25, 0.3) is 0 Å². The number of carbonyl (C=O) groups excluding carboxylic acids is 2. The summed E-state index contributed by atoms with van der Waals surface area (Å²) in [5.74, 6) is 0.562. The molecule has 25 heavy (non-hydrogen) atoms.